The Labute approximate surface area is 146 Å². The summed E-state index contributed by atoms with van der Waals surface area (Å²) in [6.07, 6.45) is 1.49. The van der Waals surface area contributed by atoms with Crippen molar-refractivity contribution in [3.63, 3.8) is 0 Å². The first-order chi connectivity index (χ1) is 11.4. The van der Waals surface area contributed by atoms with Crippen LogP contribution in [0.15, 0.2) is 53.2 Å². The molecule has 0 N–H and O–H groups in total. The van der Waals surface area contributed by atoms with Crippen LogP contribution in [0.25, 0.3) is 6.08 Å². The lowest BCUT2D eigenvalue weighted by atomic mass is 10.1. The number of carbonyl (C=O) groups excluding carboxylic acids is 2. The summed E-state index contributed by atoms with van der Waals surface area (Å²) in [7, 11) is 0. The average molecular weight is 361 g/mol. The van der Waals surface area contributed by atoms with E-state index in [1.54, 1.807) is 18.2 Å². The molecule has 3 rings (SSSR count). The highest BCUT2D eigenvalue weighted by Gasteiger charge is 2.24. The molecule has 7 heteroatoms. The summed E-state index contributed by atoms with van der Waals surface area (Å²) in [5, 5.41) is 11.4. The molecule has 1 aliphatic rings. The zero-order valence-electron chi connectivity index (χ0n) is 12.0. The normalized spacial score (nSPS) is 15.3. The first-order valence-corrected chi connectivity index (χ1v) is 7.49. The number of cyclic esters (lactones) is 1. The van der Waals surface area contributed by atoms with E-state index in [1.807, 2.05) is 0 Å². The fourth-order valence-corrected chi connectivity index (χ4v) is 2.33. The summed E-state index contributed by atoms with van der Waals surface area (Å²) < 4.78 is 5.13. The molecule has 1 heterocycles. The minimum atomic E-state index is -1.27. The summed E-state index contributed by atoms with van der Waals surface area (Å²) in [5.74, 6) is -1.76. The van der Waals surface area contributed by atoms with Crippen molar-refractivity contribution in [2.75, 3.05) is 0 Å². The Balaban J connectivity index is 1.90. The fourth-order valence-electron chi connectivity index (χ4n) is 2.04. The van der Waals surface area contributed by atoms with Gasteiger partial charge in [0.15, 0.2) is 5.70 Å². The number of hydrogen-bond donors (Lipinski definition) is 0. The van der Waals surface area contributed by atoms with Gasteiger partial charge in [-0.2, -0.15) is 0 Å². The summed E-state index contributed by atoms with van der Waals surface area (Å²) >= 11 is 11.8. The van der Waals surface area contributed by atoms with Crippen molar-refractivity contribution in [3.05, 3.63) is 74.9 Å². The molecule has 0 saturated carbocycles. The predicted octanol–water partition coefficient (Wildman–Crippen LogP) is 2.70. The van der Waals surface area contributed by atoms with E-state index in [1.165, 1.54) is 30.3 Å². The number of aliphatic imine (C=N–C) groups is 1. The first kappa shape index (κ1) is 16.2. The highest BCUT2D eigenvalue weighted by molar-refractivity contribution is 6.42. The molecule has 0 fully saturated rings. The first-order valence-electron chi connectivity index (χ1n) is 6.73. The molecule has 0 aliphatic carbocycles. The Morgan fingerprint density at radius 3 is 2.42 bits per heavy atom. The van der Waals surface area contributed by atoms with Crippen LogP contribution in [0.3, 0.4) is 0 Å². The molecular formula is C17H8Cl2NO4-. The lowest BCUT2D eigenvalue weighted by Gasteiger charge is -2.01. The molecule has 2 aromatic rings. The maximum Gasteiger partial charge on any atom is 0.363 e. The van der Waals surface area contributed by atoms with Gasteiger partial charge >= 0.3 is 5.97 Å². The average Bonchev–Trinajstić information content (AvgIpc) is 2.91. The zero-order chi connectivity index (χ0) is 17.3. The number of nitrogens with zero attached hydrogens (tertiary/aromatic N) is 1. The summed E-state index contributed by atoms with van der Waals surface area (Å²) in [5.41, 5.74) is 1.27. The van der Waals surface area contributed by atoms with Gasteiger partial charge in [-0.15, -0.1) is 0 Å². The van der Waals surface area contributed by atoms with Gasteiger partial charge in [-0.3, -0.25) is 0 Å². The quantitative estimate of drug-likeness (QED) is 0.622. The Morgan fingerprint density at radius 2 is 1.79 bits per heavy atom. The number of rotatable bonds is 3. The molecule has 0 saturated heterocycles. The fraction of sp³-hybridized carbons (Fsp3) is 0. The van der Waals surface area contributed by atoms with Crippen LogP contribution in [0.5, 0.6) is 0 Å². The van der Waals surface area contributed by atoms with Gasteiger partial charge in [-0.1, -0.05) is 47.5 Å². The summed E-state index contributed by atoms with van der Waals surface area (Å²) in [4.78, 5) is 26.8. The Kier molecular flexibility index (Phi) is 4.38. The number of carbonyl (C=O) groups is 2. The van der Waals surface area contributed by atoms with E-state index in [0.717, 1.165) is 0 Å². The third-order valence-electron chi connectivity index (χ3n) is 3.24. The van der Waals surface area contributed by atoms with Crippen molar-refractivity contribution in [1.29, 1.82) is 0 Å². The van der Waals surface area contributed by atoms with E-state index in [-0.39, 0.29) is 17.2 Å². The summed E-state index contributed by atoms with van der Waals surface area (Å²) in [6.45, 7) is 0. The molecule has 2 aromatic carbocycles. The molecule has 0 unspecified atom stereocenters. The predicted molar refractivity (Wildman–Crippen MR) is 87.8 cm³/mol. The smallest absolute Gasteiger partial charge is 0.363 e. The standard InChI is InChI=1S/C17H9Cl2NO4/c18-12-6-5-11(8-13(12)19)15-20-14(17(23)24-15)7-9-1-3-10(4-2-9)16(21)22/h1-8H,(H,21,22)/p-1/b14-7-. The van der Waals surface area contributed by atoms with E-state index in [0.29, 0.717) is 21.2 Å². The van der Waals surface area contributed by atoms with E-state index in [2.05, 4.69) is 4.99 Å². The van der Waals surface area contributed by atoms with E-state index >= 15 is 0 Å². The minimum Gasteiger partial charge on any atom is -0.545 e. The maximum atomic E-state index is 11.9. The molecule has 0 amide bonds. The van der Waals surface area contributed by atoms with Crippen molar-refractivity contribution < 1.29 is 19.4 Å². The topological polar surface area (TPSA) is 78.8 Å². The van der Waals surface area contributed by atoms with Crippen LogP contribution in [0.1, 0.15) is 21.5 Å². The van der Waals surface area contributed by atoms with Crippen LogP contribution in [0.4, 0.5) is 0 Å². The second-order valence-corrected chi connectivity index (χ2v) is 5.69. The largest absolute Gasteiger partial charge is 0.545 e. The number of aromatic carboxylic acids is 1. The molecule has 0 spiro atoms. The van der Waals surface area contributed by atoms with Crippen LogP contribution < -0.4 is 5.11 Å². The third-order valence-corrected chi connectivity index (χ3v) is 3.98. The molecule has 5 nitrogen and oxygen atoms in total. The van der Waals surface area contributed by atoms with Gasteiger partial charge in [-0.25, -0.2) is 9.79 Å². The third kappa shape index (κ3) is 3.32. The van der Waals surface area contributed by atoms with Crippen LogP contribution in [0.2, 0.25) is 10.0 Å². The molecule has 120 valence electrons. The van der Waals surface area contributed by atoms with Crippen molar-refractivity contribution in [2.45, 2.75) is 0 Å². The van der Waals surface area contributed by atoms with Gasteiger partial charge in [0, 0.05) is 5.56 Å². The van der Waals surface area contributed by atoms with Crippen molar-refractivity contribution in [2.24, 2.45) is 4.99 Å². The van der Waals surface area contributed by atoms with Gasteiger partial charge in [0.05, 0.1) is 16.0 Å². The molecule has 0 aromatic heterocycles. The van der Waals surface area contributed by atoms with Gasteiger partial charge in [0.1, 0.15) is 0 Å². The molecular weight excluding hydrogens is 353 g/mol. The Morgan fingerprint density at radius 1 is 1.08 bits per heavy atom. The second-order valence-electron chi connectivity index (χ2n) is 4.87. The number of benzene rings is 2. The minimum absolute atomic E-state index is 0.0474. The van der Waals surface area contributed by atoms with Gasteiger partial charge in [0.25, 0.3) is 0 Å². The monoisotopic (exact) mass is 360 g/mol. The molecule has 0 bridgehead atoms. The van der Waals surface area contributed by atoms with E-state index in [9.17, 15) is 14.7 Å². The van der Waals surface area contributed by atoms with Crippen molar-refractivity contribution in [3.8, 4) is 0 Å². The number of carboxylic acids is 1. The number of carboxylic acid groups (broad SMARTS) is 1. The Bertz CT molecular complexity index is 901. The number of ether oxygens (including phenoxy) is 1. The van der Waals surface area contributed by atoms with Crippen molar-refractivity contribution >= 4 is 47.1 Å². The highest BCUT2D eigenvalue weighted by atomic mass is 35.5. The number of hydrogen-bond acceptors (Lipinski definition) is 5. The lowest BCUT2D eigenvalue weighted by molar-refractivity contribution is -0.255. The molecule has 1 aliphatic heterocycles. The van der Waals surface area contributed by atoms with Crippen LogP contribution >= 0.6 is 23.2 Å². The van der Waals surface area contributed by atoms with Gasteiger partial charge < -0.3 is 14.6 Å². The van der Waals surface area contributed by atoms with Crippen LogP contribution in [-0.2, 0) is 9.53 Å². The zero-order valence-corrected chi connectivity index (χ0v) is 13.5. The Hall–Kier alpha value is -2.63. The SMILES string of the molecule is O=C1OC(c2ccc(Cl)c(Cl)c2)=N/C1=C\c1ccc(C(=O)[O-])cc1. The van der Waals surface area contributed by atoms with Crippen LogP contribution in [0, 0.1) is 0 Å². The maximum absolute atomic E-state index is 11.9. The molecule has 24 heavy (non-hydrogen) atoms. The summed E-state index contributed by atoms with van der Waals surface area (Å²) in [6, 6.07) is 10.6. The number of halogens is 2. The lowest BCUT2D eigenvalue weighted by Crippen LogP contribution is -2.21. The highest BCUT2D eigenvalue weighted by Crippen LogP contribution is 2.25. The van der Waals surface area contributed by atoms with Crippen molar-refractivity contribution in [1.82, 2.24) is 0 Å². The van der Waals surface area contributed by atoms with Gasteiger partial charge in [-0.05, 0) is 35.4 Å². The van der Waals surface area contributed by atoms with Crippen LogP contribution in [-0.4, -0.2) is 17.8 Å². The van der Waals surface area contributed by atoms with E-state index in [4.69, 9.17) is 27.9 Å². The molecule has 0 radical (unpaired) electrons. The van der Waals surface area contributed by atoms with E-state index < -0.39 is 11.9 Å². The van der Waals surface area contributed by atoms with Gasteiger partial charge in [0.2, 0.25) is 5.90 Å². The molecule has 0 atom stereocenters. The number of esters is 1. The second kappa shape index (κ2) is 6.47.